The van der Waals surface area contributed by atoms with Gasteiger partial charge in [-0.15, -0.1) is 0 Å². The molecule has 0 radical (unpaired) electrons. The lowest BCUT2D eigenvalue weighted by Gasteiger charge is -2.33. The summed E-state index contributed by atoms with van der Waals surface area (Å²) < 4.78 is 37.4. The van der Waals surface area contributed by atoms with Crippen molar-refractivity contribution in [1.82, 2.24) is 9.80 Å². The molecular weight excluding hydrogens is 323 g/mol. The van der Waals surface area contributed by atoms with Gasteiger partial charge in [0.05, 0.1) is 12.1 Å². The van der Waals surface area contributed by atoms with Gasteiger partial charge in [0.2, 0.25) is 5.91 Å². The molecule has 132 valence electrons. The smallest absolute Gasteiger partial charge is 0.325 e. The van der Waals surface area contributed by atoms with Crippen molar-refractivity contribution in [3.05, 3.63) is 29.8 Å². The van der Waals surface area contributed by atoms with Crippen LogP contribution < -0.4 is 5.32 Å². The van der Waals surface area contributed by atoms with Crippen LogP contribution in [0.5, 0.6) is 0 Å². The zero-order chi connectivity index (χ0) is 17.6. The second kappa shape index (κ2) is 8.25. The first-order chi connectivity index (χ1) is 11.4. The van der Waals surface area contributed by atoms with Crippen molar-refractivity contribution < 1.29 is 22.8 Å². The van der Waals surface area contributed by atoms with Crippen LogP contribution in [-0.2, 0) is 15.8 Å². The molecule has 0 aromatic heterocycles. The third-order valence-electron chi connectivity index (χ3n) is 3.89. The molecule has 0 saturated carbocycles. The Kier molecular flexibility index (Phi) is 6.33. The summed E-state index contributed by atoms with van der Waals surface area (Å²) in [5, 5.41) is 2.61. The van der Waals surface area contributed by atoms with Gasteiger partial charge in [-0.3, -0.25) is 9.69 Å². The highest BCUT2D eigenvalue weighted by Gasteiger charge is 2.30. The standard InChI is InChI=1S/C16H20F3N3O2/c17-16(18,19)13-2-4-14(5-3-13)20-15(24)12-22-9-7-21(8-10-22)6-1-11-23/h2-5,11H,1,6-10,12H2,(H,20,24). The van der Waals surface area contributed by atoms with Crippen LogP contribution >= 0.6 is 0 Å². The summed E-state index contributed by atoms with van der Waals surface area (Å²) in [6.07, 6.45) is -2.98. The van der Waals surface area contributed by atoms with E-state index in [0.717, 1.165) is 51.1 Å². The Morgan fingerprint density at radius 1 is 1.08 bits per heavy atom. The zero-order valence-corrected chi connectivity index (χ0v) is 13.2. The van der Waals surface area contributed by atoms with Gasteiger partial charge in [0, 0.05) is 44.8 Å². The number of hydrogen-bond donors (Lipinski definition) is 1. The van der Waals surface area contributed by atoms with E-state index < -0.39 is 11.7 Å². The van der Waals surface area contributed by atoms with E-state index in [1.165, 1.54) is 12.1 Å². The molecule has 1 aliphatic heterocycles. The van der Waals surface area contributed by atoms with Crippen LogP contribution in [0.1, 0.15) is 12.0 Å². The largest absolute Gasteiger partial charge is 0.416 e. The summed E-state index contributed by atoms with van der Waals surface area (Å²) >= 11 is 0. The van der Waals surface area contributed by atoms with Crippen molar-refractivity contribution >= 4 is 17.9 Å². The van der Waals surface area contributed by atoms with Crippen LogP contribution in [0, 0.1) is 0 Å². The summed E-state index contributed by atoms with van der Waals surface area (Å²) in [7, 11) is 0. The molecule has 0 aliphatic carbocycles. The Morgan fingerprint density at radius 2 is 1.67 bits per heavy atom. The minimum absolute atomic E-state index is 0.197. The van der Waals surface area contributed by atoms with Crippen molar-refractivity contribution in [1.29, 1.82) is 0 Å². The number of alkyl halides is 3. The first kappa shape index (κ1) is 18.4. The summed E-state index contributed by atoms with van der Waals surface area (Å²) in [5.41, 5.74) is -0.399. The van der Waals surface area contributed by atoms with Crippen molar-refractivity contribution in [2.24, 2.45) is 0 Å². The van der Waals surface area contributed by atoms with Crippen LogP contribution in [0.3, 0.4) is 0 Å². The van der Waals surface area contributed by atoms with Gasteiger partial charge in [-0.05, 0) is 24.3 Å². The van der Waals surface area contributed by atoms with E-state index in [1.807, 2.05) is 4.90 Å². The Balaban J connectivity index is 1.76. The second-order valence-corrected chi connectivity index (χ2v) is 5.70. The number of aldehydes is 1. The Hall–Kier alpha value is -1.93. The maximum atomic E-state index is 12.5. The van der Waals surface area contributed by atoms with E-state index in [4.69, 9.17) is 0 Å². The van der Waals surface area contributed by atoms with Gasteiger partial charge < -0.3 is 15.0 Å². The van der Waals surface area contributed by atoms with E-state index in [-0.39, 0.29) is 12.5 Å². The normalized spacial score (nSPS) is 16.8. The first-order valence-corrected chi connectivity index (χ1v) is 7.74. The first-order valence-electron chi connectivity index (χ1n) is 7.74. The number of carbonyl (C=O) groups is 2. The van der Waals surface area contributed by atoms with Crippen molar-refractivity contribution in [2.75, 3.05) is 44.6 Å². The number of halogens is 3. The highest BCUT2D eigenvalue weighted by molar-refractivity contribution is 5.92. The zero-order valence-electron chi connectivity index (χ0n) is 13.2. The van der Waals surface area contributed by atoms with Gasteiger partial charge in [-0.25, -0.2) is 0 Å². The molecule has 2 rings (SSSR count). The van der Waals surface area contributed by atoms with Gasteiger partial charge in [0.25, 0.3) is 0 Å². The lowest BCUT2D eigenvalue weighted by atomic mass is 10.2. The number of nitrogens with zero attached hydrogens (tertiary/aromatic N) is 2. The number of benzene rings is 1. The van der Waals surface area contributed by atoms with Crippen LogP contribution in [0.25, 0.3) is 0 Å². The fourth-order valence-electron chi connectivity index (χ4n) is 2.55. The molecule has 1 amide bonds. The van der Waals surface area contributed by atoms with Gasteiger partial charge in [0.15, 0.2) is 0 Å². The molecule has 0 unspecified atom stereocenters. The lowest BCUT2D eigenvalue weighted by Crippen LogP contribution is -2.48. The molecule has 1 aromatic rings. The number of carbonyl (C=O) groups excluding carboxylic acids is 2. The van der Waals surface area contributed by atoms with E-state index in [9.17, 15) is 22.8 Å². The molecule has 24 heavy (non-hydrogen) atoms. The van der Waals surface area contributed by atoms with Crippen molar-refractivity contribution in [2.45, 2.75) is 12.6 Å². The van der Waals surface area contributed by atoms with Crippen LogP contribution in [0.2, 0.25) is 0 Å². The molecule has 8 heteroatoms. The summed E-state index contributed by atoms with van der Waals surface area (Å²) in [4.78, 5) is 26.5. The monoisotopic (exact) mass is 343 g/mol. The molecular formula is C16H20F3N3O2. The summed E-state index contributed by atoms with van der Waals surface area (Å²) in [6.45, 7) is 3.96. The molecule has 1 heterocycles. The number of hydrogen-bond acceptors (Lipinski definition) is 4. The Morgan fingerprint density at radius 3 is 2.21 bits per heavy atom. The van der Waals surface area contributed by atoms with E-state index >= 15 is 0 Å². The molecule has 1 aliphatic rings. The highest BCUT2D eigenvalue weighted by Crippen LogP contribution is 2.29. The number of nitrogens with one attached hydrogen (secondary N) is 1. The van der Waals surface area contributed by atoms with Crippen molar-refractivity contribution in [3.8, 4) is 0 Å². The van der Waals surface area contributed by atoms with Crippen LogP contribution in [-0.4, -0.2) is 61.3 Å². The molecule has 1 aromatic carbocycles. The quantitative estimate of drug-likeness (QED) is 0.801. The van der Waals surface area contributed by atoms with Crippen LogP contribution in [0.4, 0.5) is 18.9 Å². The van der Waals surface area contributed by atoms with E-state index in [0.29, 0.717) is 12.1 Å². The lowest BCUT2D eigenvalue weighted by molar-refractivity contribution is -0.137. The van der Waals surface area contributed by atoms with Crippen molar-refractivity contribution in [3.63, 3.8) is 0 Å². The molecule has 1 saturated heterocycles. The van der Waals surface area contributed by atoms with E-state index in [1.54, 1.807) is 0 Å². The minimum atomic E-state index is -4.38. The number of rotatable bonds is 6. The van der Waals surface area contributed by atoms with E-state index in [2.05, 4.69) is 10.2 Å². The Labute approximate surface area is 138 Å². The third kappa shape index (κ3) is 5.61. The number of anilines is 1. The highest BCUT2D eigenvalue weighted by atomic mass is 19.4. The SMILES string of the molecule is O=CCCN1CCN(CC(=O)Nc2ccc(C(F)(F)F)cc2)CC1. The predicted octanol–water partition coefficient (Wildman–Crippen LogP) is 1.85. The summed E-state index contributed by atoms with van der Waals surface area (Å²) in [6, 6.07) is 4.39. The second-order valence-electron chi connectivity index (χ2n) is 5.70. The average molecular weight is 343 g/mol. The maximum absolute atomic E-state index is 12.5. The minimum Gasteiger partial charge on any atom is -0.325 e. The summed E-state index contributed by atoms with van der Waals surface area (Å²) in [5.74, 6) is -0.254. The molecule has 0 bridgehead atoms. The molecule has 0 spiro atoms. The van der Waals surface area contributed by atoms with Gasteiger partial charge in [-0.1, -0.05) is 0 Å². The van der Waals surface area contributed by atoms with Gasteiger partial charge >= 0.3 is 6.18 Å². The molecule has 0 atom stereocenters. The molecule has 5 nitrogen and oxygen atoms in total. The molecule has 1 fully saturated rings. The van der Waals surface area contributed by atoms with Gasteiger partial charge in [-0.2, -0.15) is 13.2 Å². The Bertz CT molecular complexity index is 553. The maximum Gasteiger partial charge on any atom is 0.416 e. The topological polar surface area (TPSA) is 52.7 Å². The van der Waals surface area contributed by atoms with Crippen LogP contribution in [0.15, 0.2) is 24.3 Å². The predicted molar refractivity (Wildman–Crippen MR) is 83.6 cm³/mol. The third-order valence-corrected chi connectivity index (χ3v) is 3.89. The molecule has 1 N–H and O–H groups in total. The number of amides is 1. The fraction of sp³-hybridized carbons (Fsp3) is 0.500. The average Bonchev–Trinajstić information content (AvgIpc) is 2.54. The number of piperazine rings is 1. The fourth-order valence-corrected chi connectivity index (χ4v) is 2.55. The van der Waals surface area contributed by atoms with Gasteiger partial charge in [0.1, 0.15) is 6.29 Å².